The minimum atomic E-state index is -1.08. The van der Waals surface area contributed by atoms with Gasteiger partial charge in [0, 0.05) is 11.8 Å². The van der Waals surface area contributed by atoms with Gasteiger partial charge in [0.1, 0.15) is 0 Å². The van der Waals surface area contributed by atoms with E-state index in [1.165, 1.54) is 0 Å². The highest BCUT2D eigenvalue weighted by atomic mass is 32.2. The number of aromatic nitrogens is 2. The minimum absolute atomic E-state index is 0.392. The molecule has 1 aromatic carbocycles. The summed E-state index contributed by atoms with van der Waals surface area (Å²) >= 11 is 0. The van der Waals surface area contributed by atoms with Crippen LogP contribution < -0.4 is 10.3 Å². The van der Waals surface area contributed by atoms with Gasteiger partial charge in [-0.25, -0.2) is 4.79 Å². The van der Waals surface area contributed by atoms with Crippen LogP contribution in [0.2, 0.25) is 0 Å². The van der Waals surface area contributed by atoms with E-state index in [0.717, 1.165) is 10.5 Å². The van der Waals surface area contributed by atoms with E-state index in [-0.39, 0.29) is 0 Å². The molecule has 96 valence electrons. The SMILES string of the molecule is Cc1ccccc1S(=O)CC[n+]1[nH]oc(=O)c1C. The fourth-order valence-electron chi connectivity index (χ4n) is 1.66. The third-order valence-corrected chi connectivity index (χ3v) is 4.29. The molecule has 0 amide bonds. The zero-order valence-corrected chi connectivity index (χ0v) is 11.1. The Morgan fingerprint density at radius 3 is 2.67 bits per heavy atom. The Hall–Kier alpha value is -1.69. The summed E-state index contributed by atoms with van der Waals surface area (Å²) in [7, 11) is -1.08. The zero-order valence-electron chi connectivity index (χ0n) is 10.3. The maximum Gasteiger partial charge on any atom is 0.429 e. The molecule has 1 atom stereocenters. The van der Waals surface area contributed by atoms with Crippen LogP contribution in [0.25, 0.3) is 0 Å². The Morgan fingerprint density at radius 2 is 2.06 bits per heavy atom. The van der Waals surface area contributed by atoms with Crippen molar-refractivity contribution in [1.29, 1.82) is 0 Å². The smallest absolute Gasteiger partial charge is 0.283 e. The van der Waals surface area contributed by atoms with Gasteiger partial charge in [-0.1, -0.05) is 22.9 Å². The van der Waals surface area contributed by atoms with Gasteiger partial charge < -0.3 is 0 Å². The topological polar surface area (TPSA) is 66.9 Å². The normalized spacial score (nSPS) is 12.6. The maximum absolute atomic E-state index is 12.1. The predicted molar refractivity (Wildman–Crippen MR) is 66.7 cm³/mol. The van der Waals surface area contributed by atoms with Crippen molar-refractivity contribution in [3.05, 3.63) is 45.9 Å². The van der Waals surface area contributed by atoms with Crippen LogP contribution in [-0.4, -0.2) is 15.2 Å². The van der Waals surface area contributed by atoms with Crippen LogP contribution in [0.3, 0.4) is 0 Å². The number of aryl methyl sites for hydroxylation is 2. The number of rotatable bonds is 4. The summed E-state index contributed by atoms with van der Waals surface area (Å²) in [6.45, 7) is 4.06. The molecule has 0 fully saturated rings. The lowest BCUT2D eigenvalue weighted by Crippen LogP contribution is -2.41. The number of nitrogens with zero attached hydrogens (tertiary/aromatic N) is 1. The van der Waals surface area contributed by atoms with E-state index in [1.807, 2.05) is 31.2 Å². The Labute approximate surface area is 107 Å². The number of aromatic amines is 1. The molecule has 6 heteroatoms. The fraction of sp³-hybridized carbons (Fsp3) is 0.333. The van der Waals surface area contributed by atoms with Crippen LogP contribution in [0.5, 0.6) is 0 Å². The van der Waals surface area contributed by atoms with Crippen molar-refractivity contribution in [2.24, 2.45) is 0 Å². The molecule has 0 aliphatic heterocycles. The molecule has 1 aromatic heterocycles. The van der Waals surface area contributed by atoms with Crippen molar-refractivity contribution in [3.63, 3.8) is 0 Å². The number of hydrogen-bond acceptors (Lipinski definition) is 3. The van der Waals surface area contributed by atoms with Crippen molar-refractivity contribution in [1.82, 2.24) is 5.27 Å². The van der Waals surface area contributed by atoms with E-state index < -0.39 is 16.4 Å². The summed E-state index contributed by atoms with van der Waals surface area (Å²) in [5.74, 6) is 0.436. The first-order valence-electron chi connectivity index (χ1n) is 5.61. The van der Waals surface area contributed by atoms with Gasteiger partial charge in [-0.3, -0.25) is 8.73 Å². The lowest BCUT2D eigenvalue weighted by atomic mass is 10.2. The molecule has 1 N–H and O–H groups in total. The van der Waals surface area contributed by atoms with Crippen molar-refractivity contribution in [2.45, 2.75) is 25.3 Å². The van der Waals surface area contributed by atoms with Crippen molar-refractivity contribution < 1.29 is 13.4 Å². The molecule has 2 aromatic rings. The largest absolute Gasteiger partial charge is 0.429 e. The highest BCUT2D eigenvalue weighted by molar-refractivity contribution is 7.85. The standard InChI is InChI=1S/C12H14N2O3S/c1-9-5-3-4-6-11(9)18(16)8-7-14-10(2)12(15)17-13-14/h3-6H,7-8H2,1-2H3/p+1. The molecule has 18 heavy (non-hydrogen) atoms. The quantitative estimate of drug-likeness (QED) is 0.828. The molecule has 0 bridgehead atoms. The Bertz CT molecular complexity index is 630. The van der Waals surface area contributed by atoms with Gasteiger partial charge in [0.25, 0.3) is 5.69 Å². The molecule has 0 aliphatic rings. The molecule has 0 saturated heterocycles. The van der Waals surface area contributed by atoms with Gasteiger partial charge in [0.2, 0.25) is 0 Å². The average Bonchev–Trinajstić information content (AvgIpc) is 2.68. The molecule has 2 rings (SSSR count). The fourth-order valence-corrected chi connectivity index (χ4v) is 2.88. The lowest BCUT2D eigenvalue weighted by molar-refractivity contribution is -0.763. The van der Waals surface area contributed by atoms with E-state index >= 15 is 0 Å². The van der Waals surface area contributed by atoms with E-state index in [9.17, 15) is 9.00 Å². The van der Waals surface area contributed by atoms with Gasteiger partial charge in [0.05, 0.1) is 16.6 Å². The third-order valence-electron chi connectivity index (χ3n) is 2.79. The van der Waals surface area contributed by atoms with E-state index in [4.69, 9.17) is 0 Å². The predicted octanol–water partition coefficient (Wildman–Crippen LogP) is 0.680. The van der Waals surface area contributed by atoms with Gasteiger partial charge >= 0.3 is 5.63 Å². The van der Waals surface area contributed by atoms with Crippen LogP contribution in [-0.2, 0) is 17.3 Å². The van der Waals surface area contributed by atoms with E-state index in [1.54, 1.807) is 11.6 Å². The van der Waals surface area contributed by atoms with Gasteiger partial charge in [-0.2, -0.15) is 0 Å². The number of benzene rings is 1. The number of hydrogen-bond donors (Lipinski definition) is 1. The lowest BCUT2D eigenvalue weighted by Gasteiger charge is -2.02. The highest BCUT2D eigenvalue weighted by Gasteiger charge is 2.17. The summed E-state index contributed by atoms with van der Waals surface area (Å²) in [6, 6.07) is 7.59. The second-order valence-corrected chi connectivity index (χ2v) is 5.57. The summed E-state index contributed by atoms with van der Waals surface area (Å²) < 4.78 is 18.3. The van der Waals surface area contributed by atoms with Crippen LogP contribution in [0.1, 0.15) is 11.3 Å². The van der Waals surface area contributed by atoms with Crippen molar-refractivity contribution >= 4 is 10.8 Å². The minimum Gasteiger partial charge on any atom is -0.283 e. The first kappa shape index (κ1) is 12.8. The van der Waals surface area contributed by atoms with Gasteiger partial charge in [-0.15, -0.1) is 0 Å². The Kier molecular flexibility index (Phi) is 3.76. The van der Waals surface area contributed by atoms with Crippen LogP contribution in [0, 0.1) is 13.8 Å². The molecule has 1 unspecified atom stereocenters. The molecule has 0 radical (unpaired) electrons. The van der Waals surface area contributed by atoms with Crippen LogP contribution in [0.4, 0.5) is 0 Å². The van der Waals surface area contributed by atoms with Crippen LogP contribution >= 0.6 is 0 Å². The summed E-state index contributed by atoms with van der Waals surface area (Å²) in [5, 5.41) is 2.49. The number of H-pyrrole nitrogens is 1. The van der Waals surface area contributed by atoms with E-state index in [0.29, 0.717) is 18.0 Å². The van der Waals surface area contributed by atoms with E-state index in [2.05, 4.69) is 9.79 Å². The van der Waals surface area contributed by atoms with Gasteiger partial charge in [-0.05, 0) is 23.8 Å². The van der Waals surface area contributed by atoms with Crippen LogP contribution in [0.15, 0.2) is 38.5 Å². The Morgan fingerprint density at radius 1 is 1.33 bits per heavy atom. The first-order chi connectivity index (χ1) is 8.59. The molecule has 1 heterocycles. The molecule has 0 saturated carbocycles. The zero-order chi connectivity index (χ0) is 13.1. The molecular formula is C12H15N2O3S+. The second-order valence-electron chi connectivity index (χ2n) is 4.03. The number of nitrogens with one attached hydrogen (secondary N) is 1. The maximum atomic E-state index is 12.1. The van der Waals surface area contributed by atoms with Crippen molar-refractivity contribution in [2.75, 3.05) is 5.75 Å². The average molecular weight is 267 g/mol. The molecule has 0 aliphatic carbocycles. The third kappa shape index (κ3) is 2.59. The summed E-state index contributed by atoms with van der Waals surface area (Å²) in [5.41, 5.74) is 1.10. The van der Waals surface area contributed by atoms with Crippen molar-refractivity contribution in [3.8, 4) is 0 Å². The molecule has 0 spiro atoms. The Balaban J connectivity index is 2.08. The monoisotopic (exact) mass is 267 g/mol. The summed E-state index contributed by atoms with van der Waals surface area (Å²) in [6.07, 6.45) is 0. The molecular weight excluding hydrogens is 252 g/mol. The highest BCUT2D eigenvalue weighted by Crippen LogP contribution is 2.11. The van der Waals surface area contributed by atoms with Gasteiger partial charge in [0.15, 0.2) is 6.54 Å². The summed E-state index contributed by atoms with van der Waals surface area (Å²) in [4.78, 5) is 11.9. The first-order valence-corrected chi connectivity index (χ1v) is 6.93. The second kappa shape index (κ2) is 5.30. The molecule has 5 nitrogen and oxygen atoms in total.